The standard InChI is InChI=1S/C11H9F3O2.Na/c1-7-2-4-8(5-3-7)9(15)6-10(16)11(12,13)14;/h2-6,15H,1H3;/q;+1/b9-6-;. The van der Waals surface area contributed by atoms with E-state index in [1.54, 1.807) is 19.1 Å². The third-order valence-electron chi connectivity index (χ3n) is 1.89. The van der Waals surface area contributed by atoms with Crippen LogP contribution in [0.3, 0.4) is 0 Å². The molecule has 2 nitrogen and oxygen atoms in total. The van der Waals surface area contributed by atoms with E-state index in [-0.39, 0.29) is 41.2 Å². The number of allylic oxidation sites excluding steroid dienone is 1. The number of ketones is 1. The molecule has 0 aliphatic carbocycles. The molecule has 1 aromatic rings. The van der Waals surface area contributed by atoms with Gasteiger partial charge in [-0.2, -0.15) is 13.2 Å². The summed E-state index contributed by atoms with van der Waals surface area (Å²) >= 11 is 0. The Labute approximate surface area is 118 Å². The molecule has 0 heterocycles. The van der Waals surface area contributed by atoms with Crippen molar-refractivity contribution in [1.29, 1.82) is 0 Å². The number of carbonyl (C=O) groups excluding carboxylic acids is 1. The quantitative estimate of drug-likeness (QED) is 0.458. The maximum absolute atomic E-state index is 11.9. The summed E-state index contributed by atoms with van der Waals surface area (Å²) in [5, 5.41) is 9.29. The fourth-order valence-electron chi connectivity index (χ4n) is 1.01. The smallest absolute Gasteiger partial charge is 0.507 e. The second-order valence-corrected chi connectivity index (χ2v) is 3.26. The van der Waals surface area contributed by atoms with Gasteiger partial charge in [-0.1, -0.05) is 29.8 Å². The van der Waals surface area contributed by atoms with E-state index in [1.807, 2.05) is 0 Å². The summed E-state index contributed by atoms with van der Waals surface area (Å²) in [6.07, 6.45) is -4.79. The van der Waals surface area contributed by atoms with E-state index in [4.69, 9.17) is 0 Å². The molecule has 1 N–H and O–H groups in total. The molecular formula is C11H9F3NaO2+. The molecule has 0 bridgehead atoms. The average Bonchev–Trinajstić information content (AvgIpc) is 2.17. The van der Waals surface area contributed by atoms with E-state index in [0.29, 0.717) is 0 Å². The number of halogens is 3. The molecule has 0 aliphatic heterocycles. The van der Waals surface area contributed by atoms with Crippen molar-refractivity contribution in [3.8, 4) is 0 Å². The first-order valence-electron chi connectivity index (χ1n) is 4.39. The van der Waals surface area contributed by atoms with Crippen molar-refractivity contribution in [3.05, 3.63) is 41.5 Å². The van der Waals surface area contributed by atoms with Gasteiger partial charge in [-0.3, -0.25) is 4.79 Å². The second kappa shape index (κ2) is 6.23. The molecule has 0 unspecified atom stereocenters. The van der Waals surface area contributed by atoms with E-state index < -0.39 is 17.7 Å². The fraction of sp³-hybridized carbons (Fsp3) is 0.182. The van der Waals surface area contributed by atoms with Crippen LogP contribution in [0.2, 0.25) is 0 Å². The summed E-state index contributed by atoms with van der Waals surface area (Å²) < 4.78 is 35.7. The van der Waals surface area contributed by atoms with E-state index in [1.165, 1.54) is 12.1 Å². The summed E-state index contributed by atoms with van der Waals surface area (Å²) in [4.78, 5) is 10.6. The van der Waals surface area contributed by atoms with Crippen LogP contribution in [-0.4, -0.2) is 17.1 Å². The molecule has 17 heavy (non-hydrogen) atoms. The van der Waals surface area contributed by atoms with Crippen molar-refractivity contribution < 1.29 is 52.6 Å². The average molecular weight is 253 g/mol. The van der Waals surface area contributed by atoms with Crippen molar-refractivity contribution in [2.24, 2.45) is 0 Å². The maximum atomic E-state index is 11.9. The predicted octanol–water partition coefficient (Wildman–Crippen LogP) is 0.0293. The first kappa shape index (κ1) is 16.2. The summed E-state index contributed by atoms with van der Waals surface area (Å²) in [5.74, 6) is -2.77. The number of hydrogen-bond donors (Lipinski definition) is 1. The summed E-state index contributed by atoms with van der Waals surface area (Å²) in [6, 6.07) is 6.12. The van der Waals surface area contributed by atoms with Gasteiger partial charge in [-0.05, 0) is 6.92 Å². The zero-order valence-electron chi connectivity index (χ0n) is 9.38. The van der Waals surface area contributed by atoms with E-state index in [2.05, 4.69) is 0 Å². The van der Waals surface area contributed by atoms with Gasteiger partial charge in [-0.15, -0.1) is 0 Å². The SMILES string of the molecule is Cc1ccc(/C(O)=C/C(=O)C(F)(F)F)cc1.[Na+]. The Morgan fingerprint density at radius 3 is 2.12 bits per heavy atom. The Morgan fingerprint density at radius 2 is 1.71 bits per heavy atom. The van der Waals surface area contributed by atoms with Crippen LogP contribution >= 0.6 is 0 Å². The summed E-state index contributed by atoms with van der Waals surface area (Å²) in [7, 11) is 0. The molecule has 0 amide bonds. The Bertz CT molecular complexity index is 421. The molecule has 0 aromatic heterocycles. The number of alkyl halides is 3. The first-order chi connectivity index (χ1) is 7.30. The van der Waals surface area contributed by atoms with Crippen LogP contribution in [-0.2, 0) is 4.79 Å². The number of benzene rings is 1. The number of rotatable bonds is 2. The van der Waals surface area contributed by atoms with Crippen molar-refractivity contribution in [3.63, 3.8) is 0 Å². The van der Waals surface area contributed by atoms with Crippen LogP contribution in [0.5, 0.6) is 0 Å². The Balaban J connectivity index is 0.00000256. The number of aliphatic hydroxyl groups is 1. The summed E-state index contributed by atoms with van der Waals surface area (Å²) in [5.41, 5.74) is 1.07. The molecule has 0 saturated heterocycles. The van der Waals surface area contributed by atoms with Gasteiger partial charge in [0, 0.05) is 11.6 Å². The van der Waals surface area contributed by atoms with Gasteiger partial charge in [0.25, 0.3) is 5.78 Å². The largest absolute Gasteiger partial charge is 1.00 e. The van der Waals surface area contributed by atoms with Crippen molar-refractivity contribution in [2.45, 2.75) is 13.1 Å². The topological polar surface area (TPSA) is 37.3 Å². The van der Waals surface area contributed by atoms with Crippen molar-refractivity contribution in [1.82, 2.24) is 0 Å². The van der Waals surface area contributed by atoms with Gasteiger partial charge < -0.3 is 5.11 Å². The zero-order chi connectivity index (χ0) is 12.3. The molecule has 0 radical (unpaired) electrons. The summed E-state index contributed by atoms with van der Waals surface area (Å²) in [6.45, 7) is 1.80. The van der Waals surface area contributed by atoms with Gasteiger partial charge in [-0.25, -0.2) is 0 Å². The van der Waals surface area contributed by atoms with Crippen LogP contribution in [0, 0.1) is 6.92 Å². The van der Waals surface area contributed by atoms with Gasteiger partial charge >= 0.3 is 35.7 Å². The molecule has 6 heteroatoms. The molecule has 0 atom stereocenters. The number of aliphatic hydroxyl groups excluding tert-OH is 1. The van der Waals surface area contributed by atoms with Gasteiger partial charge in [0.2, 0.25) is 0 Å². The van der Waals surface area contributed by atoms with Crippen LogP contribution in [0.15, 0.2) is 30.3 Å². The predicted molar refractivity (Wildman–Crippen MR) is 52.8 cm³/mol. The van der Waals surface area contributed by atoms with Crippen LogP contribution < -0.4 is 29.6 Å². The van der Waals surface area contributed by atoms with E-state index in [0.717, 1.165) is 5.56 Å². The normalized spacial score (nSPS) is 11.9. The molecule has 0 saturated carbocycles. The fourth-order valence-corrected chi connectivity index (χ4v) is 1.01. The monoisotopic (exact) mass is 253 g/mol. The third kappa shape index (κ3) is 4.93. The van der Waals surface area contributed by atoms with Crippen LogP contribution in [0.1, 0.15) is 11.1 Å². The minimum atomic E-state index is -4.96. The van der Waals surface area contributed by atoms with Crippen LogP contribution in [0.4, 0.5) is 13.2 Å². The maximum Gasteiger partial charge on any atom is 1.00 e. The molecule has 0 aliphatic rings. The minimum Gasteiger partial charge on any atom is -0.507 e. The van der Waals surface area contributed by atoms with E-state index in [9.17, 15) is 23.1 Å². The van der Waals surface area contributed by atoms with Gasteiger partial charge in [0.1, 0.15) is 5.76 Å². The Morgan fingerprint density at radius 1 is 1.24 bits per heavy atom. The number of hydrogen-bond acceptors (Lipinski definition) is 2. The molecular weight excluding hydrogens is 244 g/mol. The van der Waals surface area contributed by atoms with Gasteiger partial charge in [0.05, 0.1) is 0 Å². The molecule has 1 rings (SSSR count). The van der Waals surface area contributed by atoms with Gasteiger partial charge in [0.15, 0.2) is 0 Å². The van der Waals surface area contributed by atoms with Crippen molar-refractivity contribution >= 4 is 11.5 Å². The zero-order valence-corrected chi connectivity index (χ0v) is 11.4. The molecule has 0 fully saturated rings. The molecule has 86 valence electrons. The Hall–Kier alpha value is -0.780. The molecule has 0 spiro atoms. The minimum absolute atomic E-state index is 0. The first-order valence-corrected chi connectivity index (χ1v) is 4.39. The second-order valence-electron chi connectivity index (χ2n) is 3.26. The molecule has 1 aromatic carbocycles. The number of aryl methyl sites for hydroxylation is 1. The third-order valence-corrected chi connectivity index (χ3v) is 1.89. The van der Waals surface area contributed by atoms with Crippen LogP contribution in [0.25, 0.3) is 5.76 Å². The van der Waals surface area contributed by atoms with E-state index >= 15 is 0 Å². The van der Waals surface area contributed by atoms with Crippen molar-refractivity contribution in [2.75, 3.05) is 0 Å². The number of carbonyl (C=O) groups is 1. The Kier molecular flexibility index (Phi) is 5.95.